The molecule has 0 aliphatic heterocycles. The normalized spacial score (nSPS) is 9.08. The van der Waals surface area contributed by atoms with Gasteiger partial charge in [0.1, 0.15) is 6.29 Å². The van der Waals surface area contributed by atoms with Crippen molar-refractivity contribution < 1.29 is 4.79 Å². The summed E-state index contributed by atoms with van der Waals surface area (Å²) in [5.41, 5.74) is 2.89. The van der Waals surface area contributed by atoms with Crippen molar-refractivity contribution in [3.8, 4) is 6.07 Å². The molecule has 0 unspecified atom stereocenters. The van der Waals surface area contributed by atoms with Crippen molar-refractivity contribution in [2.75, 3.05) is 0 Å². The smallest absolute Gasteiger partial charge is 0.150 e. The minimum atomic E-state index is 0.581. The van der Waals surface area contributed by atoms with Crippen molar-refractivity contribution in [2.24, 2.45) is 0 Å². The Morgan fingerprint density at radius 3 is 2.58 bits per heavy atom. The lowest BCUT2D eigenvalue weighted by Crippen LogP contribution is -1.92. The SMILES string of the molecule is Cc1cc(C#N)c(C)c(C=O)c1. The fraction of sp³-hybridized carbons (Fsp3) is 0.200. The number of carbonyl (C=O) groups is 1. The predicted octanol–water partition coefficient (Wildman–Crippen LogP) is 1.99. The van der Waals surface area contributed by atoms with E-state index in [1.54, 1.807) is 19.1 Å². The Bertz CT molecular complexity index is 361. The van der Waals surface area contributed by atoms with Crippen LogP contribution in [0.1, 0.15) is 27.0 Å². The van der Waals surface area contributed by atoms with Gasteiger partial charge >= 0.3 is 0 Å². The fourth-order valence-corrected chi connectivity index (χ4v) is 1.13. The van der Waals surface area contributed by atoms with E-state index in [1.165, 1.54) is 0 Å². The summed E-state index contributed by atoms with van der Waals surface area (Å²) in [5, 5.41) is 8.70. The molecule has 0 fully saturated rings. The Labute approximate surface area is 71.4 Å². The number of carbonyl (C=O) groups excluding carboxylic acids is 1. The molecule has 1 aromatic carbocycles. The molecule has 2 heteroatoms. The Balaban J connectivity index is 3.44. The van der Waals surface area contributed by atoms with Crippen LogP contribution >= 0.6 is 0 Å². The van der Waals surface area contributed by atoms with Crippen molar-refractivity contribution in [1.29, 1.82) is 5.26 Å². The Morgan fingerprint density at radius 2 is 2.08 bits per heavy atom. The second kappa shape index (κ2) is 3.19. The monoisotopic (exact) mass is 159 g/mol. The molecule has 0 aliphatic carbocycles. The number of rotatable bonds is 1. The first-order valence-corrected chi connectivity index (χ1v) is 3.65. The van der Waals surface area contributed by atoms with Gasteiger partial charge in [-0.2, -0.15) is 5.26 Å². The van der Waals surface area contributed by atoms with E-state index in [1.807, 2.05) is 6.92 Å². The summed E-state index contributed by atoms with van der Waals surface area (Å²) >= 11 is 0. The lowest BCUT2D eigenvalue weighted by molar-refractivity contribution is 0.112. The van der Waals surface area contributed by atoms with Gasteiger partial charge in [0.2, 0.25) is 0 Å². The van der Waals surface area contributed by atoms with Crippen molar-refractivity contribution in [3.05, 3.63) is 34.4 Å². The predicted molar refractivity (Wildman–Crippen MR) is 46.0 cm³/mol. The third kappa shape index (κ3) is 1.35. The highest BCUT2D eigenvalue weighted by molar-refractivity contribution is 5.78. The van der Waals surface area contributed by atoms with Gasteiger partial charge in [0, 0.05) is 5.56 Å². The Morgan fingerprint density at radius 1 is 1.42 bits per heavy atom. The summed E-state index contributed by atoms with van der Waals surface area (Å²) < 4.78 is 0. The first-order chi connectivity index (χ1) is 5.69. The van der Waals surface area contributed by atoms with Crippen LogP contribution in [0.3, 0.4) is 0 Å². The topological polar surface area (TPSA) is 40.9 Å². The van der Waals surface area contributed by atoms with Gasteiger partial charge in [0.25, 0.3) is 0 Å². The van der Waals surface area contributed by atoms with E-state index in [-0.39, 0.29) is 0 Å². The number of nitrogens with zero attached hydrogens (tertiary/aromatic N) is 1. The number of aryl methyl sites for hydroxylation is 1. The average molecular weight is 159 g/mol. The maximum atomic E-state index is 10.5. The largest absolute Gasteiger partial charge is 0.298 e. The van der Waals surface area contributed by atoms with E-state index in [4.69, 9.17) is 5.26 Å². The molecule has 0 atom stereocenters. The molecule has 2 nitrogen and oxygen atoms in total. The maximum absolute atomic E-state index is 10.5. The number of aldehydes is 1. The minimum Gasteiger partial charge on any atom is -0.298 e. The number of benzene rings is 1. The van der Waals surface area contributed by atoms with E-state index in [2.05, 4.69) is 6.07 Å². The Hall–Kier alpha value is -1.62. The molecule has 0 spiro atoms. The van der Waals surface area contributed by atoms with Crippen molar-refractivity contribution in [1.82, 2.24) is 0 Å². The van der Waals surface area contributed by atoms with Gasteiger partial charge < -0.3 is 0 Å². The van der Waals surface area contributed by atoms with Crippen LogP contribution in [0, 0.1) is 25.2 Å². The third-order valence-corrected chi connectivity index (χ3v) is 1.84. The maximum Gasteiger partial charge on any atom is 0.150 e. The van der Waals surface area contributed by atoms with Crippen LogP contribution in [0.25, 0.3) is 0 Å². The molecule has 1 aromatic rings. The van der Waals surface area contributed by atoms with Crippen LogP contribution in [-0.4, -0.2) is 6.29 Å². The van der Waals surface area contributed by atoms with E-state index in [0.717, 1.165) is 17.4 Å². The number of nitriles is 1. The third-order valence-electron chi connectivity index (χ3n) is 1.84. The van der Waals surface area contributed by atoms with Gasteiger partial charge in [-0.1, -0.05) is 0 Å². The first-order valence-electron chi connectivity index (χ1n) is 3.65. The van der Waals surface area contributed by atoms with E-state index < -0.39 is 0 Å². The first kappa shape index (κ1) is 8.48. The standard InChI is InChI=1S/C10H9NO/c1-7-3-9(5-11)8(2)10(4-7)6-12/h3-4,6H,1-2H3. The van der Waals surface area contributed by atoms with Crippen LogP contribution in [0.15, 0.2) is 12.1 Å². The molecular weight excluding hydrogens is 150 g/mol. The van der Waals surface area contributed by atoms with Crippen LogP contribution < -0.4 is 0 Å². The molecule has 0 N–H and O–H groups in total. The van der Waals surface area contributed by atoms with Gasteiger partial charge in [-0.25, -0.2) is 0 Å². The van der Waals surface area contributed by atoms with Crippen molar-refractivity contribution in [3.63, 3.8) is 0 Å². The molecular formula is C10H9NO. The van der Waals surface area contributed by atoms with Gasteiger partial charge in [0.05, 0.1) is 11.6 Å². The van der Waals surface area contributed by atoms with Crippen LogP contribution in [-0.2, 0) is 0 Å². The van der Waals surface area contributed by atoms with Crippen LogP contribution in [0.5, 0.6) is 0 Å². The molecule has 60 valence electrons. The zero-order valence-electron chi connectivity index (χ0n) is 7.09. The summed E-state index contributed by atoms with van der Waals surface area (Å²) in [6, 6.07) is 5.61. The molecule has 0 saturated heterocycles. The van der Waals surface area contributed by atoms with Crippen LogP contribution in [0.4, 0.5) is 0 Å². The Kier molecular flexibility index (Phi) is 2.25. The molecule has 0 aliphatic rings. The highest BCUT2D eigenvalue weighted by atomic mass is 16.1. The number of hydrogen-bond acceptors (Lipinski definition) is 2. The lowest BCUT2D eigenvalue weighted by atomic mass is 10.0. The molecule has 0 heterocycles. The highest BCUT2D eigenvalue weighted by Crippen LogP contribution is 2.13. The molecule has 0 radical (unpaired) electrons. The summed E-state index contributed by atoms with van der Waals surface area (Å²) in [7, 11) is 0. The highest BCUT2D eigenvalue weighted by Gasteiger charge is 2.03. The van der Waals surface area contributed by atoms with Gasteiger partial charge in [-0.05, 0) is 37.1 Å². The van der Waals surface area contributed by atoms with Gasteiger partial charge in [-0.15, -0.1) is 0 Å². The fourth-order valence-electron chi connectivity index (χ4n) is 1.13. The van der Waals surface area contributed by atoms with E-state index in [9.17, 15) is 4.79 Å². The average Bonchev–Trinajstić information content (AvgIpc) is 2.08. The summed E-state index contributed by atoms with van der Waals surface area (Å²) in [6.07, 6.45) is 0.781. The van der Waals surface area contributed by atoms with E-state index >= 15 is 0 Å². The molecule has 1 rings (SSSR count). The van der Waals surface area contributed by atoms with Crippen molar-refractivity contribution in [2.45, 2.75) is 13.8 Å². The zero-order chi connectivity index (χ0) is 9.14. The van der Waals surface area contributed by atoms with Crippen LogP contribution in [0.2, 0.25) is 0 Å². The zero-order valence-corrected chi connectivity index (χ0v) is 7.09. The minimum absolute atomic E-state index is 0.581. The molecule has 0 bridgehead atoms. The summed E-state index contributed by atoms with van der Waals surface area (Å²) in [4.78, 5) is 10.5. The summed E-state index contributed by atoms with van der Waals surface area (Å²) in [6.45, 7) is 3.65. The summed E-state index contributed by atoms with van der Waals surface area (Å²) in [5.74, 6) is 0. The quantitative estimate of drug-likeness (QED) is 0.588. The molecule has 0 aromatic heterocycles. The number of hydrogen-bond donors (Lipinski definition) is 0. The lowest BCUT2D eigenvalue weighted by Gasteiger charge is -2.01. The van der Waals surface area contributed by atoms with E-state index in [0.29, 0.717) is 11.1 Å². The second-order valence-electron chi connectivity index (χ2n) is 2.76. The second-order valence-corrected chi connectivity index (χ2v) is 2.76. The van der Waals surface area contributed by atoms with Gasteiger partial charge in [0.15, 0.2) is 0 Å². The van der Waals surface area contributed by atoms with Crippen molar-refractivity contribution >= 4 is 6.29 Å². The molecule has 12 heavy (non-hydrogen) atoms. The van der Waals surface area contributed by atoms with Gasteiger partial charge in [-0.3, -0.25) is 4.79 Å². The molecule has 0 saturated carbocycles. The molecule has 0 amide bonds.